The van der Waals surface area contributed by atoms with Crippen LogP contribution < -0.4 is 5.32 Å². The Morgan fingerprint density at radius 1 is 1.33 bits per heavy atom. The molecule has 1 saturated carbocycles. The second kappa shape index (κ2) is 4.88. The molecule has 1 aliphatic heterocycles. The Kier molecular flexibility index (Phi) is 3.61. The number of carboxylic acid groups (broad SMARTS) is 1. The van der Waals surface area contributed by atoms with E-state index >= 15 is 0 Å². The topological polar surface area (TPSA) is 75.6 Å². The number of carboxylic acids is 1. The fourth-order valence-corrected chi connectivity index (χ4v) is 2.94. The Morgan fingerprint density at radius 2 is 2.00 bits per heavy atom. The number of rotatable bonds is 3. The first-order chi connectivity index (χ1) is 8.44. The zero-order valence-corrected chi connectivity index (χ0v) is 10.9. The van der Waals surface area contributed by atoms with Gasteiger partial charge in [0.15, 0.2) is 0 Å². The summed E-state index contributed by atoms with van der Waals surface area (Å²) in [5.74, 6) is -1.88. The molecule has 1 amide bonds. The monoisotopic (exact) mass is 255 g/mol. The smallest absolute Gasteiger partial charge is 0.307 e. The van der Waals surface area contributed by atoms with E-state index in [0.717, 1.165) is 12.8 Å². The fourth-order valence-electron chi connectivity index (χ4n) is 2.94. The van der Waals surface area contributed by atoms with E-state index in [1.807, 2.05) is 13.8 Å². The maximum Gasteiger partial charge on any atom is 0.307 e. The third-order valence-electron chi connectivity index (χ3n) is 4.47. The molecule has 2 aliphatic rings. The van der Waals surface area contributed by atoms with Crippen LogP contribution in [-0.2, 0) is 14.3 Å². The standard InChI is InChI=1S/C13H21NO4/c1-8-13(2,6-7-18-8)14-11(15)9-4-3-5-10(9)12(16)17/h8-10H,3-7H2,1-2H3,(H,14,15)(H,16,17). The second-order valence-electron chi connectivity index (χ2n) is 5.65. The SMILES string of the molecule is CC1OCCC1(C)NC(=O)C1CCCC1C(=O)O. The molecule has 2 fully saturated rings. The number of amides is 1. The van der Waals surface area contributed by atoms with Crippen molar-refractivity contribution in [2.75, 3.05) is 6.61 Å². The molecule has 5 heteroatoms. The van der Waals surface area contributed by atoms with Gasteiger partial charge in [-0.1, -0.05) is 6.42 Å². The Hall–Kier alpha value is -1.10. The van der Waals surface area contributed by atoms with Crippen LogP contribution in [0.3, 0.4) is 0 Å². The molecule has 5 nitrogen and oxygen atoms in total. The number of carbonyl (C=O) groups is 2. The highest BCUT2D eigenvalue weighted by Gasteiger charge is 2.43. The predicted molar refractivity (Wildman–Crippen MR) is 65.0 cm³/mol. The van der Waals surface area contributed by atoms with Crippen molar-refractivity contribution in [1.29, 1.82) is 0 Å². The van der Waals surface area contributed by atoms with Gasteiger partial charge in [-0.15, -0.1) is 0 Å². The lowest BCUT2D eigenvalue weighted by Gasteiger charge is -2.31. The highest BCUT2D eigenvalue weighted by Crippen LogP contribution is 2.33. The third-order valence-corrected chi connectivity index (χ3v) is 4.47. The van der Waals surface area contributed by atoms with Crippen molar-refractivity contribution in [2.24, 2.45) is 11.8 Å². The molecule has 18 heavy (non-hydrogen) atoms. The van der Waals surface area contributed by atoms with E-state index in [-0.39, 0.29) is 23.5 Å². The summed E-state index contributed by atoms with van der Waals surface area (Å²) in [5, 5.41) is 12.1. The average Bonchev–Trinajstić information content (AvgIpc) is 2.87. The van der Waals surface area contributed by atoms with Crippen LogP contribution >= 0.6 is 0 Å². The summed E-state index contributed by atoms with van der Waals surface area (Å²) in [6.07, 6.45) is 2.86. The summed E-state index contributed by atoms with van der Waals surface area (Å²) < 4.78 is 5.48. The van der Waals surface area contributed by atoms with E-state index in [2.05, 4.69) is 5.32 Å². The normalized spacial score (nSPS) is 39.8. The van der Waals surface area contributed by atoms with Gasteiger partial charge in [-0.3, -0.25) is 9.59 Å². The maximum absolute atomic E-state index is 12.2. The minimum atomic E-state index is -0.853. The molecule has 2 N–H and O–H groups in total. The van der Waals surface area contributed by atoms with Crippen LogP contribution in [-0.4, -0.2) is 35.2 Å². The molecule has 2 rings (SSSR count). The highest BCUT2D eigenvalue weighted by molar-refractivity contribution is 5.85. The van der Waals surface area contributed by atoms with Crippen LogP contribution in [0.2, 0.25) is 0 Å². The second-order valence-corrected chi connectivity index (χ2v) is 5.65. The zero-order chi connectivity index (χ0) is 13.3. The summed E-state index contributed by atoms with van der Waals surface area (Å²) in [6.45, 7) is 4.55. The van der Waals surface area contributed by atoms with E-state index in [1.54, 1.807) is 0 Å². The molecule has 0 aromatic rings. The van der Waals surface area contributed by atoms with E-state index in [1.165, 1.54) is 0 Å². The minimum Gasteiger partial charge on any atom is -0.481 e. The van der Waals surface area contributed by atoms with Gasteiger partial charge in [0.2, 0.25) is 5.91 Å². The van der Waals surface area contributed by atoms with E-state index in [0.29, 0.717) is 19.4 Å². The molecule has 0 radical (unpaired) electrons. The van der Waals surface area contributed by atoms with Crippen LogP contribution in [0.25, 0.3) is 0 Å². The van der Waals surface area contributed by atoms with Crippen molar-refractivity contribution in [3.05, 3.63) is 0 Å². The van der Waals surface area contributed by atoms with Crippen molar-refractivity contribution < 1.29 is 19.4 Å². The highest BCUT2D eigenvalue weighted by atomic mass is 16.5. The molecule has 4 atom stereocenters. The molecule has 0 bridgehead atoms. The van der Waals surface area contributed by atoms with Crippen LogP contribution in [0.4, 0.5) is 0 Å². The Bertz CT molecular complexity index is 357. The Balaban J connectivity index is 2.01. The van der Waals surface area contributed by atoms with Gasteiger partial charge in [0, 0.05) is 6.61 Å². The van der Waals surface area contributed by atoms with Gasteiger partial charge < -0.3 is 15.2 Å². The van der Waals surface area contributed by atoms with Gasteiger partial charge in [-0.25, -0.2) is 0 Å². The van der Waals surface area contributed by atoms with Crippen LogP contribution in [0.5, 0.6) is 0 Å². The van der Waals surface area contributed by atoms with Crippen LogP contribution in [0.1, 0.15) is 39.5 Å². The number of aliphatic carboxylic acids is 1. The van der Waals surface area contributed by atoms with Gasteiger partial charge in [-0.05, 0) is 33.1 Å². The quantitative estimate of drug-likeness (QED) is 0.793. The van der Waals surface area contributed by atoms with Gasteiger partial charge in [0.25, 0.3) is 0 Å². The molecule has 0 aromatic carbocycles. The first kappa shape index (κ1) is 13.3. The molecular weight excluding hydrogens is 234 g/mol. The molecule has 1 heterocycles. The first-order valence-corrected chi connectivity index (χ1v) is 6.60. The number of nitrogens with one attached hydrogen (secondary N) is 1. The lowest BCUT2D eigenvalue weighted by Crippen LogP contribution is -2.53. The third kappa shape index (κ3) is 2.36. The van der Waals surface area contributed by atoms with Crippen molar-refractivity contribution in [3.63, 3.8) is 0 Å². The lowest BCUT2D eigenvalue weighted by molar-refractivity contribution is -0.146. The predicted octanol–water partition coefficient (Wildman–Crippen LogP) is 1.17. The van der Waals surface area contributed by atoms with E-state index < -0.39 is 11.9 Å². The van der Waals surface area contributed by atoms with Crippen LogP contribution in [0, 0.1) is 11.8 Å². The molecule has 0 spiro atoms. The Labute approximate surface area is 107 Å². The number of hydrogen-bond donors (Lipinski definition) is 2. The summed E-state index contributed by atoms with van der Waals surface area (Å²) in [4.78, 5) is 23.3. The molecule has 1 saturated heterocycles. The fraction of sp³-hybridized carbons (Fsp3) is 0.846. The van der Waals surface area contributed by atoms with Crippen molar-refractivity contribution in [3.8, 4) is 0 Å². The lowest BCUT2D eigenvalue weighted by atomic mass is 9.90. The van der Waals surface area contributed by atoms with E-state index in [9.17, 15) is 9.59 Å². The number of ether oxygens (including phenoxy) is 1. The maximum atomic E-state index is 12.2. The van der Waals surface area contributed by atoms with Gasteiger partial charge in [0.05, 0.1) is 23.5 Å². The summed E-state index contributed by atoms with van der Waals surface area (Å²) in [6, 6.07) is 0. The number of carbonyl (C=O) groups excluding carboxylic acids is 1. The largest absolute Gasteiger partial charge is 0.481 e. The summed E-state index contributed by atoms with van der Waals surface area (Å²) in [5.41, 5.74) is -0.358. The molecule has 4 unspecified atom stereocenters. The van der Waals surface area contributed by atoms with Crippen molar-refractivity contribution >= 4 is 11.9 Å². The van der Waals surface area contributed by atoms with Crippen molar-refractivity contribution in [1.82, 2.24) is 5.32 Å². The summed E-state index contributed by atoms with van der Waals surface area (Å²) in [7, 11) is 0. The molecule has 1 aliphatic carbocycles. The molecule has 0 aromatic heterocycles. The van der Waals surface area contributed by atoms with Gasteiger partial charge >= 0.3 is 5.97 Å². The van der Waals surface area contributed by atoms with Gasteiger partial charge in [0.1, 0.15) is 0 Å². The molecular formula is C13H21NO4. The van der Waals surface area contributed by atoms with Crippen molar-refractivity contribution in [2.45, 2.75) is 51.2 Å². The average molecular weight is 255 g/mol. The summed E-state index contributed by atoms with van der Waals surface area (Å²) >= 11 is 0. The first-order valence-electron chi connectivity index (χ1n) is 6.60. The minimum absolute atomic E-state index is 0.0221. The van der Waals surface area contributed by atoms with Gasteiger partial charge in [-0.2, -0.15) is 0 Å². The van der Waals surface area contributed by atoms with E-state index in [4.69, 9.17) is 9.84 Å². The molecule has 102 valence electrons. The zero-order valence-electron chi connectivity index (χ0n) is 10.9. The Morgan fingerprint density at radius 3 is 2.56 bits per heavy atom. The number of hydrogen-bond acceptors (Lipinski definition) is 3. The van der Waals surface area contributed by atoms with Crippen LogP contribution in [0.15, 0.2) is 0 Å².